The first-order valence-corrected chi connectivity index (χ1v) is 8.29. The Morgan fingerprint density at radius 1 is 1.33 bits per heavy atom. The van der Waals surface area contributed by atoms with E-state index >= 15 is 0 Å². The lowest BCUT2D eigenvalue weighted by atomic mass is 10.1. The van der Waals surface area contributed by atoms with Crippen LogP contribution in [0, 0.1) is 6.92 Å². The minimum absolute atomic E-state index is 0.228. The number of aliphatic hydroxyl groups excluding tert-OH is 1. The van der Waals surface area contributed by atoms with Gasteiger partial charge in [0.2, 0.25) is 0 Å². The van der Waals surface area contributed by atoms with Crippen molar-refractivity contribution in [2.45, 2.75) is 58.5 Å². The fourth-order valence-electron chi connectivity index (χ4n) is 3.29. The number of hydrogen-bond acceptors (Lipinski definition) is 4. The third-order valence-electron chi connectivity index (χ3n) is 4.40. The monoisotopic (exact) mass is 294 g/mol. The van der Waals surface area contributed by atoms with Crippen LogP contribution >= 0.6 is 0 Å². The summed E-state index contributed by atoms with van der Waals surface area (Å²) < 4.78 is 1.99. The number of nitrogens with zero attached hydrogens (tertiary/aromatic N) is 3. The molecule has 120 valence electrons. The summed E-state index contributed by atoms with van der Waals surface area (Å²) in [5.41, 5.74) is 2.38. The summed E-state index contributed by atoms with van der Waals surface area (Å²) in [6, 6.07) is 0.229. The second-order valence-electron chi connectivity index (χ2n) is 6.07. The van der Waals surface area contributed by atoms with E-state index in [-0.39, 0.29) is 12.6 Å². The number of aryl methyl sites for hydroxylation is 2. The first kappa shape index (κ1) is 16.3. The van der Waals surface area contributed by atoms with Gasteiger partial charge in [-0.05, 0) is 32.7 Å². The smallest absolute Gasteiger partial charge is 0.131 e. The van der Waals surface area contributed by atoms with Crippen molar-refractivity contribution in [1.29, 1.82) is 0 Å². The Morgan fingerprint density at radius 2 is 2.14 bits per heavy atom. The number of rotatable bonds is 6. The molecule has 21 heavy (non-hydrogen) atoms. The van der Waals surface area contributed by atoms with E-state index in [9.17, 15) is 5.11 Å². The van der Waals surface area contributed by atoms with Crippen molar-refractivity contribution in [1.82, 2.24) is 15.1 Å². The number of aliphatic hydroxyl groups is 1. The van der Waals surface area contributed by atoms with Crippen LogP contribution in [-0.4, -0.2) is 40.6 Å². The lowest BCUT2D eigenvalue weighted by molar-refractivity contribution is 0.254. The van der Waals surface area contributed by atoms with Crippen LogP contribution in [0.4, 0.5) is 5.82 Å². The van der Waals surface area contributed by atoms with Crippen molar-refractivity contribution < 1.29 is 5.11 Å². The molecule has 0 spiro atoms. The van der Waals surface area contributed by atoms with Gasteiger partial charge in [0.25, 0.3) is 0 Å². The summed E-state index contributed by atoms with van der Waals surface area (Å²) in [6.07, 6.45) is 5.87. The van der Waals surface area contributed by atoms with Crippen LogP contribution in [0.1, 0.15) is 50.3 Å². The third kappa shape index (κ3) is 3.77. The molecule has 1 aliphatic heterocycles. The van der Waals surface area contributed by atoms with E-state index in [0.29, 0.717) is 0 Å². The molecule has 5 heteroatoms. The molecular weight excluding hydrogens is 264 g/mol. The van der Waals surface area contributed by atoms with Crippen molar-refractivity contribution in [2.75, 3.05) is 24.6 Å². The molecule has 1 atom stereocenters. The van der Waals surface area contributed by atoms with E-state index in [0.717, 1.165) is 38.2 Å². The summed E-state index contributed by atoms with van der Waals surface area (Å²) in [5.74, 6) is 1.19. The summed E-state index contributed by atoms with van der Waals surface area (Å²) in [4.78, 5) is 2.38. The Hall–Kier alpha value is -1.07. The third-order valence-corrected chi connectivity index (χ3v) is 4.40. The van der Waals surface area contributed by atoms with Gasteiger partial charge in [0.15, 0.2) is 0 Å². The van der Waals surface area contributed by atoms with E-state index in [1.54, 1.807) is 0 Å². The van der Waals surface area contributed by atoms with Crippen LogP contribution in [-0.2, 0) is 13.6 Å². The second kappa shape index (κ2) is 7.80. The van der Waals surface area contributed by atoms with Gasteiger partial charge < -0.3 is 15.3 Å². The zero-order chi connectivity index (χ0) is 15.2. The largest absolute Gasteiger partial charge is 0.394 e. The predicted octanol–water partition coefficient (Wildman–Crippen LogP) is 1.97. The molecule has 2 heterocycles. The van der Waals surface area contributed by atoms with Crippen LogP contribution < -0.4 is 10.2 Å². The van der Waals surface area contributed by atoms with Crippen molar-refractivity contribution in [2.24, 2.45) is 7.05 Å². The van der Waals surface area contributed by atoms with Crippen molar-refractivity contribution in [3.8, 4) is 0 Å². The number of aromatic nitrogens is 2. The maximum absolute atomic E-state index is 9.76. The van der Waals surface area contributed by atoms with E-state index in [4.69, 9.17) is 0 Å². The number of nitrogens with one attached hydrogen (secondary N) is 1. The van der Waals surface area contributed by atoms with E-state index < -0.39 is 0 Å². The van der Waals surface area contributed by atoms with Crippen LogP contribution in [0.5, 0.6) is 0 Å². The zero-order valence-electron chi connectivity index (χ0n) is 13.7. The Balaban J connectivity index is 2.27. The Kier molecular flexibility index (Phi) is 6.06. The van der Waals surface area contributed by atoms with Crippen molar-refractivity contribution >= 4 is 5.82 Å². The van der Waals surface area contributed by atoms with Crippen molar-refractivity contribution in [3.05, 3.63) is 11.3 Å². The lowest BCUT2D eigenvalue weighted by Crippen LogP contribution is -2.39. The molecule has 0 aliphatic carbocycles. The SMILES string of the molecule is CCCNCc1c(C)nn(C)c1N1CCCCCC1CO. The summed E-state index contributed by atoms with van der Waals surface area (Å²) in [6.45, 7) is 7.39. The van der Waals surface area contributed by atoms with E-state index in [1.807, 2.05) is 11.7 Å². The van der Waals surface area contributed by atoms with Crippen LogP contribution in [0.3, 0.4) is 0 Å². The molecule has 0 amide bonds. The summed E-state index contributed by atoms with van der Waals surface area (Å²) >= 11 is 0. The van der Waals surface area contributed by atoms with Gasteiger partial charge in [0, 0.05) is 25.7 Å². The molecule has 1 aromatic heterocycles. The summed E-state index contributed by atoms with van der Waals surface area (Å²) in [5, 5.41) is 17.9. The molecular formula is C16H30N4O. The maximum atomic E-state index is 9.76. The molecule has 2 rings (SSSR count). The maximum Gasteiger partial charge on any atom is 0.131 e. The molecule has 1 saturated heterocycles. The first-order valence-electron chi connectivity index (χ1n) is 8.29. The quantitative estimate of drug-likeness (QED) is 0.788. The predicted molar refractivity (Wildman–Crippen MR) is 86.6 cm³/mol. The van der Waals surface area contributed by atoms with E-state index in [2.05, 4.69) is 29.2 Å². The van der Waals surface area contributed by atoms with Crippen LogP contribution in [0.25, 0.3) is 0 Å². The lowest BCUT2D eigenvalue weighted by Gasteiger charge is -2.31. The minimum atomic E-state index is 0.228. The second-order valence-corrected chi connectivity index (χ2v) is 6.07. The highest BCUT2D eigenvalue weighted by molar-refractivity contribution is 5.51. The normalized spacial score (nSPS) is 19.8. The van der Waals surface area contributed by atoms with Crippen LogP contribution in [0.15, 0.2) is 0 Å². The molecule has 0 aromatic carbocycles. The van der Waals surface area contributed by atoms with Gasteiger partial charge >= 0.3 is 0 Å². The summed E-state index contributed by atoms with van der Waals surface area (Å²) in [7, 11) is 2.02. The average molecular weight is 294 g/mol. The standard InChI is InChI=1S/C16H30N4O/c1-4-9-17-11-15-13(2)18-19(3)16(15)20-10-7-5-6-8-14(20)12-21/h14,17,21H,4-12H2,1-3H3. The van der Waals surface area contributed by atoms with Gasteiger partial charge in [-0.25, -0.2) is 0 Å². The number of anilines is 1. The van der Waals surface area contributed by atoms with Gasteiger partial charge in [-0.2, -0.15) is 5.10 Å². The molecule has 1 aromatic rings. The van der Waals surface area contributed by atoms with Gasteiger partial charge in [-0.3, -0.25) is 4.68 Å². The fourth-order valence-corrected chi connectivity index (χ4v) is 3.29. The Morgan fingerprint density at radius 3 is 2.86 bits per heavy atom. The molecule has 5 nitrogen and oxygen atoms in total. The van der Waals surface area contributed by atoms with Crippen molar-refractivity contribution in [3.63, 3.8) is 0 Å². The molecule has 0 bridgehead atoms. The minimum Gasteiger partial charge on any atom is -0.394 e. The zero-order valence-corrected chi connectivity index (χ0v) is 13.7. The fraction of sp³-hybridized carbons (Fsp3) is 0.812. The molecule has 0 saturated carbocycles. The molecule has 1 fully saturated rings. The molecule has 2 N–H and O–H groups in total. The van der Waals surface area contributed by atoms with Gasteiger partial charge in [-0.15, -0.1) is 0 Å². The van der Waals surface area contributed by atoms with E-state index in [1.165, 1.54) is 30.6 Å². The van der Waals surface area contributed by atoms with Gasteiger partial charge in [0.05, 0.1) is 18.3 Å². The number of hydrogen-bond donors (Lipinski definition) is 2. The Labute approximate surface area is 128 Å². The highest BCUT2D eigenvalue weighted by atomic mass is 16.3. The van der Waals surface area contributed by atoms with Gasteiger partial charge in [0.1, 0.15) is 5.82 Å². The molecule has 0 radical (unpaired) electrons. The molecule has 1 aliphatic rings. The highest BCUT2D eigenvalue weighted by Gasteiger charge is 2.26. The Bertz CT molecular complexity index is 444. The first-order chi connectivity index (χ1) is 10.2. The highest BCUT2D eigenvalue weighted by Crippen LogP contribution is 2.29. The average Bonchev–Trinajstić information content (AvgIpc) is 2.66. The van der Waals surface area contributed by atoms with Gasteiger partial charge in [-0.1, -0.05) is 19.8 Å². The van der Waals surface area contributed by atoms with Crippen LogP contribution in [0.2, 0.25) is 0 Å². The topological polar surface area (TPSA) is 53.3 Å². The molecule has 1 unspecified atom stereocenters.